The van der Waals surface area contributed by atoms with E-state index in [1.165, 1.54) is 22.8 Å². The van der Waals surface area contributed by atoms with Gasteiger partial charge in [-0.1, -0.05) is 0 Å². The number of nitrogens with zero attached hydrogens (tertiary/aromatic N) is 3. The monoisotopic (exact) mass is 311 g/mol. The number of carbonyl (C=O) groups is 2. The van der Waals surface area contributed by atoms with Gasteiger partial charge in [-0.2, -0.15) is 11.8 Å². The van der Waals surface area contributed by atoms with Crippen LogP contribution in [0.4, 0.5) is 4.79 Å². The minimum Gasteiger partial charge on any atom is -0.312 e. The van der Waals surface area contributed by atoms with E-state index in [0.29, 0.717) is 6.04 Å². The van der Waals surface area contributed by atoms with Crippen molar-refractivity contribution in [3.8, 4) is 0 Å². The number of carbonyl (C=O) groups excluding carboxylic acids is 2. The molecule has 0 bridgehead atoms. The van der Waals surface area contributed by atoms with Crippen molar-refractivity contribution in [3.05, 3.63) is 0 Å². The van der Waals surface area contributed by atoms with E-state index in [4.69, 9.17) is 0 Å². The molecule has 21 heavy (non-hydrogen) atoms. The van der Waals surface area contributed by atoms with E-state index >= 15 is 0 Å². The predicted molar refractivity (Wildman–Crippen MR) is 84.4 cm³/mol. The normalized spacial score (nSPS) is 30.2. The van der Waals surface area contributed by atoms with E-state index in [1.807, 2.05) is 25.6 Å². The molecule has 0 aliphatic carbocycles. The first-order valence-corrected chi connectivity index (χ1v) is 9.06. The third-order valence-electron chi connectivity index (χ3n) is 5.32. The van der Waals surface area contributed by atoms with Crippen molar-refractivity contribution in [3.63, 3.8) is 0 Å². The molecule has 3 fully saturated rings. The van der Waals surface area contributed by atoms with Crippen LogP contribution < -0.4 is 0 Å². The van der Waals surface area contributed by atoms with Gasteiger partial charge in [0, 0.05) is 38.0 Å². The highest BCUT2D eigenvalue weighted by molar-refractivity contribution is 7.99. The largest absolute Gasteiger partial charge is 0.327 e. The van der Waals surface area contributed by atoms with Gasteiger partial charge in [-0.15, -0.1) is 0 Å². The maximum absolute atomic E-state index is 12.8. The maximum atomic E-state index is 12.8. The number of imide groups is 1. The quantitative estimate of drug-likeness (QED) is 0.727. The average Bonchev–Trinajstić information content (AvgIpc) is 3.04. The Labute approximate surface area is 131 Å². The van der Waals surface area contributed by atoms with Gasteiger partial charge in [0.05, 0.1) is 0 Å². The highest BCUT2D eigenvalue weighted by atomic mass is 32.2. The number of amides is 3. The molecule has 0 radical (unpaired) electrons. The zero-order valence-corrected chi connectivity index (χ0v) is 14.0. The molecule has 0 saturated carbocycles. The minimum atomic E-state index is -0.580. The summed E-state index contributed by atoms with van der Waals surface area (Å²) in [6.07, 6.45) is 2.81. The second-order valence-corrected chi connectivity index (χ2v) is 7.85. The minimum absolute atomic E-state index is 0.0189. The van der Waals surface area contributed by atoms with Gasteiger partial charge >= 0.3 is 6.03 Å². The summed E-state index contributed by atoms with van der Waals surface area (Å²) in [4.78, 5) is 30.9. The van der Waals surface area contributed by atoms with Crippen LogP contribution in [0.15, 0.2) is 0 Å². The Hall–Kier alpha value is -0.750. The maximum Gasteiger partial charge on any atom is 0.327 e. The second-order valence-electron chi connectivity index (χ2n) is 6.70. The van der Waals surface area contributed by atoms with Crippen molar-refractivity contribution in [2.75, 3.05) is 31.6 Å². The van der Waals surface area contributed by atoms with E-state index in [2.05, 4.69) is 4.90 Å². The molecule has 3 heterocycles. The van der Waals surface area contributed by atoms with Gasteiger partial charge < -0.3 is 4.90 Å². The molecule has 0 N–H and O–H groups in total. The summed E-state index contributed by atoms with van der Waals surface area (Å²) in [6, 6.07) is 0.488. The van der Waals surface area contributed by atoms with Crippen LogP contribution in [0.5, 0.6) is 0 Å². The molecule has 0 aromatic rings. The first-order valence-electron chi connectivity index (χ1n) is 7.90. The van der Waals surface area contributed by atoms with Gasteiger partial charge in [0.25, 0.3) is 5.91 Å². The molecule has 3 rings (SSSR count). The predicted octanol–water partition coefficient (Wildman–Crippen LogP) is 1.63. The van der Waals surface area contributed by atoms with E-state index in [1.54, 1.807) is 11.9 Å². The Morgan fingerprint density at radius 1 is 1.24 bits per heavy atom. The SMILES string of the molecule is CC(C)N1C(=O)N(C)C2(CCN([C@@H]3CCSC3)CC2)C1=O. The molecule has 5 nitrogen and oxygen atoms in total. The van der Waals surface area contributed by atoms with E-state index in [0.717, 1.165) is 25.9 Å². The van der Waals surface area contributed by atoms with Gasteiger partial charge in [0.1, 0.15) is 5.54 Å². The Kier molecular flexibility index (Phi) is 3.94. The Morgan fingerprint density at radius 3 is 2.38 bits per heavy atom. The number of likely N-dealkylation sites (tertiary alicyclic amines) is 1. The van der Waals surface area contributed by atoms with Crippen LogP contribution in [0, 0.1) is 0 Å². The second kappa shape index (κ2) is 5.47. The number of piperidine rings is 1. The lowest BCUT2D eigenvalue weighted by atomic mass is 9.85. The van der Waals surface area contributed by atoms with Crippen LogP contribution >= 0.6 is 11.8 Å². The number of thioether (sulfide) groups is 1. The molecule has 3 aliphatic rings. The third-order valence-corrected chi connectivity index (χ3v) is 6.46. The standard InChI is InChI=1S/C15H25N3O2S/c1-11(2)18-13(19)15(16(3)14(18)20)5-7-17(8-6-15)12-4-9-21-10-12/h11-12H,4-10H2,1-3H3/t12-/m1/s1. The number of likely N-dealkylation sites (N-methyl/N-ethyl adjacent to an activating group) is 1. The van der Waals surface area contributed by atoms with Crippen LogP contribution in [0.25, 0.3) is 0 Å². The fraction of sp³-hybridized carbons (Fsp3) is 0.867. The van der Waals surface area contributed by atoms with Gasteiger partial charge in [-0.05, 0) is 38.9 Å². The lowest BCUT2D eigenvalue weighted by molar-refractivity contribution is -0.136. The van der Waals surface area contributed by atoms with Crippen molar-refractivity contribution >= 4 is 23.7 Å². The molecule has 0 aromatic heterocycles. The molecule has 3 amide bonds. The Bertz CT molecular complexity index is 440. The molecule has 118 valence electrons. The highest BCUT2D eigenvalue weighted by Gasteiger charge is 2.57. The van der Waals surface area contributed by atoms with Crippen LogP contribution in [0.2, 0.25) is 0 Å². The first kappa shape index (κ1) is 15.2. The third kappa shape index (κ3) is 2.27. The van der Waals surface area contributed by atoms with E-state index in [9.17, 15) is 9.59 Å². The number of hydrogen-bond acceptors (Lipinski definition) is 4. The molecule has 3 aliphatic heterocycles. The van der Waals surface area contributed by atoms with Gasteiger partial charge in [-0.25, -0.2) is 4.79 Å². The lowest BCUT2D eigenvalue weighted by Crippen LogP contribution is -2.57. The smallest absolute Gasteiger partial charge is 0.312 e. The van der Waals surface area contributed by atoms with Crippen LogP contribution in [-0.2, 0) is 4.79 Å². The van der Waals surface area contributed by atoms with Gasteiger partial charge in [-0.3, -0.25) is 14.6 Å². The van der Waals surface area contributed by atoms with Gasteiger partial charge in [0.2, 0.25) is 0 Å². The summed E-state index contributed by atoms with van der Waals surface area (Å²) in [5, 5.41) is 0. The number of urea groups is 1. The summed E-state index contributed by atoms with van der Waals surface area (Å²) in [5.41, 5.74) is -0.580. The van der Waals surface area contributed by atoms with E-state index in [-0.39, 0.29) is 18.0 Å². The molecule has 6 heteroatoms. The number of rotatable bonds is 2. The summed E-state index contributed by atoms with van der Waals surface area (Å²) < 4.78 is 0. The van der Waals surface area contributed by atoms with Crippen molar-refractivity contribution in [1.82, 2.24) is 14.7 Å². The first-order chi connectivity index (χ1) is 9.97. The average molecular weight is 311 g/mol. The molecule has 0 unspecified atom stereocenters. The van der Waals surface area contributed by atoms with Crippen molar-refractivity contribution in [1.29, 1.82) is 0 Å². The zero-order chi connectivity index (χ0) is 15.2. The molecule has 1 spiro atoms. The Balaban J connectivity index is 1.74. The molecular weight excluding hydrogens is 286 g/mol. The van der Waals surface area contributed by atoms with Crippen LogP contribution in [0.3, 0.4) is 0 Å². The van der Waals surface area contributed by atoms with Crippen molar-refractivity contribution < 1.29 is 9.59 Å². The fourth-order valence-electron chi connectivity index (χ4n) is 3.87. The lowest BCUT2D eigenvalue weighted by Gasteiger charge is -2.42. The molecule has 0 aromatic carbocycles. The van der Waals surface area contributed by atoms with Gasteiger partial charge in [0.15, 0.2) is 0 Å². The molecule has 3 saturated heterocycles. The number of hydrogen-bond donors (Lipinski definition) is 0. The van der Waals surface area contributed by atoms with Crippen LogP contribution in [0.1, 0.15) is 33.1 Å². The highest BCUT2D eigenvalue weighted by Crippen LogP contribution is 2.38. The summed E-state index contributed by atoms with van der Waals surface area (Å²) in [5.74, 6) is 2.49. The summed E-state index contributed by atoms with van der Waals surface area (Å²) >= 11 is 2.02. The summed E-state index contributed by atoms with van der Waals surface area (Å²) in [7, 11) is 1.80. The van der Waals surface area contributed by atoms with Crippen LogP contribution in [-0.4, -0.2) is 75.9 Å². The Morgan fingerprint density at radius 2 is 1.90 bits per heavy atom. The van der Waals surface area contributed by atoms with E-state index < -0.39 is 5.54 Å². The zero-order valence-electron chi connectivity index (χ0n) is 13.2. The van der Waals surface area contributed by atoms with Crippen molar-refractivity contribution in [2.24, 2.45) is 0 Å². The molecule has 1 atom stereocenters. The van der Waals surface area contributed by atoms with Crippen molar-refractivity contribution in [2.45, 2.75) is 50.7 Å². The summed E-state index contributed by atoms with van der Waals surface area (Å²) in [6.45, 7) is 5.68. The molecular formula is C15H25N3O2S. The topological polar surface area (TPSA) is 43.9 Å². The fourth-order valence-corrected chi connectivity index (χ4v) is 5.13.